The average Bonchev–Trinajstić information content (AvgIpc) is 2.25. The molecule has 0 amide bonds. The summed E-state index contributed by atoms with van der Waals surface area (Å²) in [6.45, 7) is 8.99. The number of nitrogen functional groups attached to an aromatic ring is 1. The van der Waals surface area contributed by atoms with Crippen molar-refractivity contribution in [3.8, 4) is 0 Å². The molecule has 0 aliphatic carbocycles. The van der Waals surface area contributed by atoms with Gasteiger partial charge in [-0.3, -0.25) is 0 Å². The molecule has 0 fully saturated rings. The fourth-order valence-corrected chi connectivity index (χ4v) is 1.32. The Hall–Kier alpha value is -1.56. The molecule has 0 bridgehead atoms. The van der Waals surface area contributed by atoms with Crippen LogP contribution in [-0.2, 0) is 0 Å². The average molecular weight is 252 g/mol. The van der Waals surface area contributed by atoms with Crippen molar-refractivity contribution >= 4 is 17.6 Å². The van der Waals surface area contributed by atoms with E-state index >= 15 is 0 Å². The summed E-state index contributed by atoms with van der Waals surface area (Å²) in [5, 5.41) is 9.52. The lowest BCUT2D eigenvalue weighted by Crippen LogP contribution is -2.21. The smallest absolute Gasteiger partial charge is 0.223 e. The maximum absolute atomic E-state index is 5.69. The van der Waals surface area contributed by atoms with E-state index in [4.69, 9.17) is 5.73 Å². The Morgan fingerprint density at radius 1 is 1.11 bits per heavy atom. The second kappa shape index (κ2) is 6.39. The maximum Gasteiger partial charge on any atom is 0.223 e. The summed E-state index contributed by atoms with van der Waals surface area (Å²) >= 11 is 0. The number of nitrogens with one attached hydrogen (secondary N) is 3. The highest BCUT2D eigenvalue weighted by atomic mass is 15.1. The van der Waals surface area contributed by atoms with Crippen molar-refractivity contribution in [1.82, 2.24) is 15.3 Å². The number of hydrogen-bond donors (Lipinski definition) is 4. The van der Waals surface area contributed by atoms with E-state index in [9.17, 15) is 0 Å². The molecule has 1 aromatic heterocycles. The number of nitrogens with zero attached hydrogens (tertiary/aromatic N) is 2. The molecule has 0 spiro atoms. The highest BCUT2D eigenvalue weighted by Gasteiger charge is 2.10. The van der Waals surface area contributed by atoms with Crippen LogP contribution in [0.5, 0.6) is 0 Å². The van der Waals surface area contributed by atoms with Gasteiger partial charge in [0.15, 0.2) is 0 Å². The van der Waals surface area contributed by atoms with Gasteiger partial charge in [0, 0.05) is 25.7 Å². The van der Waals surface area contributed by atoms with Crippen LogP contribution in [0.15, 0.2) is 6.07 Å². The number of hydrogen-bond acceptors (Lipinski definition) is 6. The van der Waals surface area contributed by atoms with Crippen molar-refractivity contribution in [2.75, 3.05) is 43.0 Å². The Bertz CT molecular complexity index is 371. The predicted octanol–water partition coefficient (Wildman–Crippen LogP) is 1.15. The Labute approximate surface area is 109 Å². The summed E-state index contributed by atoms with van der Waals surface area (Å²) < 4.78 is 0. The molecule has 0 aliphatic rings. The number of anilines is 3. The van der Waals surface area contributed by atoms with Crippen LogP contribution >= 0.6 is 0 Å². The molecule has 0 saturated heterocycles. The van der Waals surface area contributed by atoms with Gasteiger partial charge >= 0.3 is 0 Å². The van der Waals surface area contributed by atoms with Gasteiger partial charge in [-0.05, 0) is 12.5 Å². The first-order valence-corrected chi connectivity index (χ1v) is 6.17. The van der Waals surface area contributed by atoms with E-state index in [1.54, 1.807) is 0 Å². The first-order chi connectivity index (χ1) is 8.40. The van der Waals surface area contributed by atoms with Gasteiger partial charge in [0.2, 0.25) is 5.95 Å². The molecule has 18 heavy (non-hydrogen) atoms. The van der Waals surface area contributed by atoms with Gasteiger partial charge < -0.3 is 21.7 Å². The minimum atomic E-state index is 0.194. The van der Waals surface area contributed by atoms with E-state index in [0.29, 0.717) is 0 Å². The number of aromatic nitrogens is 2. The number of rotatable bonds is 6. The second-order valence-corrected chi connectivity index (χ2v) is 5.44. The molecular formula is C12H24N6. The molecule has 1 heterocycles. The summed E-state index contributed by atoms with van der Waals surface area (Å²) in [5.74, 6) is 1.78. The zero-order valence-corrected chi connectivity index (χ0v) is 11.7. The van der Waals surface area contributed by atoms with Crippen LogP contribution in [0.4, 0.5) is 17.6 Å². The van der Waals surface area contributed by atoms with E-state index in [-0.39, 0.29) is 11.4 Å². The Kier molecular flexibility index (Phi) is 5.15. The summed E-state index contributed by atoms with van der Waals surface area (Å²) in [4.78, 5) is 8.30. The van der Waals surface area contributed by atoms with Crippen LogP contribution in [0, 0.1) is 5.41 Å². The van der Waals surface area contributed by atoms with Crippen molar-refractivity contribution in [1.29, 1.82) is 0 Å². The molecule has 0 radical (unpaired) electrons. The van der Waals surface area contributed by atoms with E-state index in [0.717, 1.165) is 31.3 Å². The van der Waals surface area contributed by atoms with Gasteiger partial charge in [-0.2, -0.15) is 9.97 Å². The standard InChI is InChI=1S/C12H24N6/c1-12(2,3)8-16-10-7-9(15-6-5-14-4)17-11(13)18-10/h7,14H,5-6,8H2,1-4H3,(H4,13,15,16,17,18). The monoisotopic (exact) mass is 252 g/mol. The minimum absolute atomic E-state index is 0.194. The molecular weight excluding hydrogens is 228 g/mol. The molecule has 102 valence electrons. The van der Waals surface area contributed by atoms with Crippen molar-refractivity contribution in [3.05, 3.63) is 6.07 Å². The van der Waals surface area contributed by atoms with Crippen LogP contribution < -0.4 is 21.7 Å². The fourth-order valence-electron chi connectivity index (χ4n) is 1.32. The number of nitrogens with two attached hydrogens (primary N) is 1. The zero-order chi connectivity index (χ0) is 13.6. The third kappa shape index (κ3) is 5.67. The molecule has 0 saturated carbocycles. The predicted molar refractivity (Wildman–Crippen MR) is 76.8 cm³/mol. The van der Waals surface area contributed by atoms with E-state index < -0.39 is 0 Å². The molecule has 1 aromatic rings. The van der Waals surface area contributed by atoms with Crippen molar-refractivity contribution in [3.63, 3.8) is 0 Å². The first-order valence-electron chi connectivity index (χ1n) is 6.17. The highest BCUT2D eigenvalue weighted by molar-refractivity contribution is 5.51. The Morgan fingerprint density at radius 3 is 2.28 bits per heavy atom. The van der Waals surface area contributed by atoms with Gasteiger partial charge in [0.05, 0.1) is 0 Å². The SMILES string of the molecule is CNCCNc1cc(NCC(C)(C)C)nc(N)n1. The van der Waals surface area contributed by atoms with Crippen molar-refractivity contribution in [2.24, 2.45) is 5.41 Å². The Balaban J connectivity index is 2.62. The van der Waals surface area contributed by atoms with Crippen LogP contribution in [0.1, 0.15) is 20.8 Å². The summed E-state index contributed by atoms with van der Waals surface area (Å²) in [5.41, 5.74) is 5.88. The normalized spacial score (nSPS) is 11.3. The van der Waals surface area contributed by atoms with E-state index in [2.05, 4.69) is 46.7 Å². The van der Waals surface area contributed by atoms with Gasteiger partial charge in [0.25, 0.3) is 0 Å². The van der Waals surface area contributed by atoms with Crippen molar-refractivity contribution in [2.45, 2.75) is 20.8 Å². The van der Waals surface area contributed by atoms with Crippen LogP contribution in [0.25, 0.3) is 0 Å². The Morgan fingerprint density at radius 2 is 1.72 bits per heavy atom. The van der Waals surface area contributed by atoms with Crippen LogP contribution in [-0.4, -0.2) is 36.6 Å². The molecule has 0 unspecified atom stereocenters. The molecule has 6 nitrogen and oxygen atoms in total. The molecule has 6 heteroatoms. The number of likely N-dealkylation sites (N-methyl/N-ethyl adjacent to an activating group) is 1. The highest BCUT2D eigenvalue weighted by Crippen LogP contribution is 2.16. The third-order valence-electron chi connectivity index (χ3n) is 2.22. The van der Waals surface area contributed by atoms with E-state index in [1.807, 2.05) is 13.1 Å². The quantitative estimate of drug-likeness (QED) is 0.568. The van der Waals surface area contributed by atoms with Gasteiger partial charge in [0.1, 0.15) is 11.6 Å². The second-order valence-electron chi connectivity index (χ2n) is 5.44. The summed E-state index contributed by atoms with van der Waals surface area (Å²) in [6.07, 6.45) is 0. The summed E-state index contributed by atoms with van der Waals surface area (Å²) in [7, 11) is 1.91. The molecule has 1 rings (SSSR count). The third-order valence-corrected chi connectivity index (χ3v) is 2.22. The largest absolute Gasteiger partial charge is 0.369 e. The van der Waals surface area contributed by atoms with Crippen molar-refractivity contribution < 1.29 is 0 Å². The zero-order valence-electron chi connectivity index (χ0n) is 11.7. The minimum Gasteiger partial charge on any atom is -0.369 e. The molecule has 0 aromatic carbocycles. The fraction of sp³-hybridized carbons (Fsp3) is 0.667. The first kappa shape index (κ1) is 14.5. The lowest BCUT2D eigenvalue weighted by atomic mass is 9.97. The van der Waals surface area contributed by atoms with Gasteiger partial charge in [-0.15, -0.1) is 0 Å². The lowest BCUT2D eigenvalue weighted by Gasteiger charge is -2.19. The van der Waals surface area contributed by atoms with Gasteiger partial charge in [-0.1, -0.05) is 20.8 Å². The lowest BCUT2D eigenvalue weighted by molar-refractivity contribution is 0.442. The maximum atomic E-state index is 5.69. The molecule has 5 N–H and O–H groups in total. The van der Waals surface area contributed by atoms with E-state index in [1.165, 1.54) is 0 Å². The molecule has 0 atom stereocenters. The van der Waals surface area contributed by atoms with Crippen LogP contribution in [0.3, 0.4) is 0 Å². The van der Waals surface area contributed by atoms with Crippen LogP contribution in [0.2, 0.25) is 0 Å². The molecule has 0 aliphatic heterocycles. The van der Waals surface area contributed by atoms with Gasteiger partial charge in [-0.25, -0.2) is 0 Å². The summed E-state index contributed by atoms with van der Waals surface area (Å²) in [6, 6.07) is 1.87. The topological polar surface area (TPSA) is 87.9 Å².